The van der Waals surface area contributed by atoms with Gasteiger partial charge in [0.1, 0.15) is 13.1 Å². The number of nitrogens with one attached hydrogen (secondary N) is 1. The predicted octanol–water partition coefficient (Wildman–Crippen LogP) is 0.400. The zero-order chi connectivity index (χ0) is 14.7. The molecule has 3 N–H and O–H groups in total. The van der Waals surface area contributed by atoms with Gasteiger partial charge in [-0.3, -0.25) is 14.5 Å². The van der Waals surface area contributed by atoms with Crippen LogP contribution in [0.3, 0.4) is 0 Å². The lowest BCUT2D eigenvalue weighted by Crippen LogP contribution is -2.38. The van der Waals surface area contributed by atoms with Gasteiger partial charge in [0.15, 0.2) is 0 Å². The number of hydrogen-bond donors (Lipinski definition) is 2. The Morgan fingerprint density at radius 2 is 1.90 bits per heavy atom. The van der Waals surface area contributed by atoms with Crippen molar-refractivity contribution in [2.24, 2.45) is 5.73 Å². The van der Waals surface area contributed by atoms with Crippen LogP contribution in [-0.4, -0.2) is 47.8 Å². The van der Waals surface area contributed by atoms with Gasteiger partial charge in [0, 0.05) is 19.3 Å². The molecule has 0 aromatic heterocycles. The van der Waals surface area contributed by atoms with E-state index in [-0.39, 0.29) is 31.4 Å². The molecule has 1 heterocycles. The summed E-state index contributed by atoms with van der Waals surface area (Å²) in [7, 11) is 1.52. The van der Waals surface area contributed by atoms with Crippen LogP contribution in [0.2, 0.25) is 0 Å². The number of halogens is 1. The van der Waals surface area contributed by atoms with E-state index in [0.717, 1.165) is 10.5 Å². The van der Waals surface area contributed by atoms with E-state index in [2.05, 4.69) is 5.32 Å². The van der Waals surface area contributed by atoms with E-state index >= 15 is 0 Å². The van der Waals surface area contributed by atoms with Crippen LogP contribution in [0.25, 0.3) is 0 Å². The molecule has 1 aromatic rings. The van der Waals surface area contributed by atoms with Crippen LogP contribution < -0.4 is 11.1 Å². The predicted molar refractivity (Wildman–Crippen MR) is 80.0 cm³/mol. The van der Waals surface area contributed by atoms with Crippen molar-refractivity contribution < 1.29 is 14.4 Å². The highest BCUT2D eigenvalue weighted by Gasteiger charge is 2.34. The van der Waals surface area contributed by atoms with E-state index in [4.69, 9.17) is 5.73 Å². The molecular formula is C13H17ClN4O3. The summed E-state index contributed by atoms with van der Waals surface area (Å²) < 4.78 is 0. The smallest absolute Gasteiger partial charge is 0.326 e. The third-order valence-corrected chi connectivity index (χ3v) is 3.01. The molecule has 0 saturated carbocycles. The second-order valence-corrected chi connectivity index (χ2v) is 4.57. The van der Waals surface area contributed by atoms with Crippen LogP contribution in [0.15, 0.2) is 24.3 Å². The van der Waals surface area contributed by atoms with Crippen molar-refractivity contribution in [1.82, 2.24) is 9.80 Å². The summed E-state index contributed by atoms with van der Waals surface area (Å²) in [4.78, 5) is 37.2. The average molecular weight is 313 g/mol. The number of carbonyl (C=O) groups is 3. The molecule has 0 atom stereocenters. The van der Waals surface area contributed by atoms with Gasteiger partial charge in [-0.05, 0) is 17.7 Å². The second-order valence-electron chi connectivity index (χ2n) is 4.57. The number of benzene rings is 1. The maximum Gasteiger partial charge on any atom is 0.327 e. The molecule has 1 aliphatic rings. The summed E-state index contributed by atoms with van der Waals surface area (Å²) in [5.74, 6) is -0.784. The number of rotatable bonds is 4. The first-order valence-electron chi connectivity index (χ1n) is 6.15. The van der Waals surface area contributed by atoms with Crippen molar-refractivity contribution in [3.63, 3.8) is 0 Å². The van der Waals surface area contributed by atoms with Crippen LogP contribution >= 0.6 is 12.4 Å². The summed E-state index contributed by atoms with van der Waals surface area (Å²) in [6.07, 6.45) is 0. The minimum Gasteiger partial charge on any atom is -0.326 e. The van der Waals surface area contributed by atoms with E-state index in [9.17, 15) is 14.4 Å². The van der Waals surface area contributed by atoms with Crippen LogP contribution in [0, 0.1) is 0 Å². The third-order valence-electron chi connectivity index (χ3n) is 3.01. The second kappa shape index (κ2) is 7.05. The summed E-state index contributed by atoms with van der Waals surface area (Å²) in [6, 6.07) is 6.59. The summed E-state index contributed by atoms with van der Waals surface area (Å²) >= 11 is 0. The SMILES string of the molecule is CN1CC(=O)N(CC(=O)Nc2ccc(CN)cc2)C1=O.Cl. The molecule has 4 amide bonds. The Hall–Kier alpha value is -2.12. The van der Waals surface area contributed by atoms with Gasteiger partial charge in [-0.2, -0.15) is 0 Å². The highest BCUT2D eigenvalue weighted by Crippen LogP contribution is 2.11. The molecule has 114 valence electrons. The largest absolute Gasteiger partial charge is 0.327 e. The Bertz CT molecular complexity index is 547. The Morgan fingerprint density at radius 3 is 2.38 bits per heavy atom. The van der Waals surface area contributed by atoms with Crippen LogP contribution in [0.1, 0.15) is 5.56 Å². The van der Waals surface area contributed by atoms with Crippen molar-refractivity contribution >= 4 is 35.9 Å². The number of amides is 4. The lowest BCUT2D eigenvalue weighted by Gasteiger charge is -2.14. The number of hydrogen-bond acceptors (Lipinski definition) is 4. The van der Waals surface area contributed by atoms with Gasteiger partial charge in [-0.15, -0.1) is 12.4 Å². The number of nitrogens with two attached hydrogens (primary N) is 1. The van der Waals surface area contributed by atoms with Gasteiger partial charge >= 0.3 is 6.03 Å². The Labute approximate surface area is 128 Å². The highest BCUT2D eigenvalue weighted by molar-refractivity contribution is 6.06. The normalized spacial score (nSPS) is 14.2. The molecule has 21 heavy (non-hydrogen) atoms. The fourth-order valence-corrected chi connectivity index (χ4v) is 1.89. The summed E-state index contributed by atoms with van der Waals surface area (Å²) in [6.45, 7) is 0.162. The Balaban J connectivity index is 0.00000220. The molecule has 8 heteroatoms. The van der Waals surface area contributed by atoms with Crippen molar-refractivity contribution in [1.29, 1.82) is 0 Å². The van der Waals surface area contributed by atoms with Crippen molar-refractivity contribution in [3.05, 3.63) is 29.8 Å². The zero-order valence-corrected chi connectivity index (χ0v) is 12.4. The molecule has 0 unspecified atom stereocenters. The van der Waals surface area contributed by atoms with Gasteiger partial charge in [-0.1, -0.05) is 12.1 Å². The molecule has 0 bridgehead atoms. The number of likely N-dealkylation sites (N-methyl/N-ethyl adjacent to an activating group) is 1. The van der Waals surface area contributed by atoms with Gasteiger partial charge in [-0.25, -0.2) is 4.79 Å². The number of carbonyl (C=O) groups excluding carboxylic acids is 3. The van der Waals surface area contributed by atoms with E-state index in [1.807, 2.05) is 0 Å². The minimum atomic E-state index is -0.455. The number of imide groups is 1. The topological polar surface area (TPSA) is 95.7 Å². The molecule has 1 saturated heterocycles. The standard InChI is InChI=1S/C13H16N4O3.ClH/c1-16-8-12(19)17(13(16)20)7-11(18)15-10-4-2-9(6-14)3-5-10;/h2-5H,6-8,14H2,1H3,(H,15,18);1H. The van der Waals surface area contributed by atoms with E-state index in [0.29, 0.717) is 12.2 Å². The number of nitrogens with zero attached hydrogens (tertiary/aromatic N) is 2. The molecule has 0 radical (unpaired) electrons. The maximum absolute atomic E-state index is 11.8. The van der Waals surface area contributed by atoms with E-state index < -0.39 is 11.9 Å². The Morgan fingerprint density at radius 1 is 1.29 bits per heavy atom. The van der Waals surface area contributed by atoms with Crippen molar-refractivity contribution in [3.8, 4) is 0 Å². The first kappa shape index (κ1) is 16.9. The van der Waals surface area contributed by atoms with Crippen LogP contribution in [0.5, 0.6) is 0 Å². The van der Waals surface area contributed by atoms with Crippen molar-refractivity contribution in [2.75, 3.05) is 25.5 Å². The van der Waals surface area contributed by atoms with Gasteiger partial charge < -0.3 is 16.0 Å². The van der Waals surface area contributed by atoms with Crippen LogP contribution in [-0.2, 0) is 16.1 Å². The van der Waals surface area contributed by atoms with Gasteiger partial charge in [0.25, 0.3) is 5.91 Å². The van der Waals surface area contributed by atoms with E-state index in [1.54, 1.807) is 24.3 Å². The number of urea groups is 1. The fourth-order valence-electron chi connectivity index (χ4n) is 1.89. The molecule has 2 rings (SSSR count). The zero-order valence-electron chi connectivity index (χ0n) is 11.5. The molecule has 1 fully saturated rings. The lowest BCUT2D eigenvalue weighted by atomic mass is 10.2. The summed E-state index contributed by atoms with van der Waals surface area (Å²) in [5.41, 5.74) is 7.03. The maximum atomic E-state index is 11.8. The lowest BCUT2D eigenvalue weighted by molar-refractivity contribution is -0.129. The van der Waals surface area contributed by atoms with Gasteiger partial charge in [0.2, 0.25) is 5.91 Å². The molecule has 1 aliphatic heterocycles. The monoisotopic (exact) mass is 312 g/mol. The first-order chi connectivity index (χ1) is 9.51. The van der Waals surface area contributed by atoms with Crippen molar-refractivity contribution in [2.45, 2.75) is 6.54 Å². The first-order valence-corrected chi connectivity index (χ1v) is 6.15. The van der Waals surface area contributed by atoms with Crippen LogP contribution in [0.4, 0.5) is 10.5 Å². The molecule has 0 spiro atoms. The average Bonchev–Trinajstić information content (AvgIpc) is 2.66. The molecule has 0 aliphatic carbocycles. The highest BCUT2D eigenvalue weighted by atomic mass is 35.5. The summed E-state index contributed by atoms with van der Waals surface area (Å²) in [5, 5.41) is 2.63. The van der Waals surface area contributed by atoms with Gasteiger partial charge in [0.05, 0.1) is 0 Å². The molecule has 7 nitrogen and oxygen atoms in total. The Kier molecular flexibility index (Phi) is 5.69. The molecular weight excluding hydrogens is 296 g/mol. The number of anilines is 1. The quantitative estimate of drug-likeness (QED) is 0.787. The fraction of sp³-hybridized carbons (Fsp3) is 0.308. The molecule has 1 aromatic carbocycles. The minimum absolute atomic E-state index is 0. The third kappa shape index (κ3) is 3.93. The van der Waals surface area contributed by atoms with E-state index in [1.165, 1.54) is 11.9 Å².